The van der Waals surface area contributed by atoms with Gasteiger partial charge in [-0.25, -0.2) is 9.18 Å². The van der Waals surface area contributed by atoms with Gasteiger partial charge in [0.2, 0.25) is 5.78 Å². The van der Waals surface area contributed by atoms with Crippen LogP contribution in [0.5, 0.6) is 0 Å². The van der Waals surface area contributed by atoms with Gasteiger partial charge in [-0.3, -0.25) is 4.79 Å². The van der Waals surface area contributed by atoms with Gasteiger partial charge < -0.3 is 10.8 Å². The minimum atomic E-state index is -1.42. The Hall–Kier alpha value is -3.47. The first kappa shape index (κ1) is 18.3. The number of carboxylic acid groups (broad SMARTS) is 1. The molecule has 5 heteroatoms. The zero-order valence-corrected chi connectivity index (χ0v) is 14.7. The molecular weight excluding hydrogens is 345 g/mol. The van der Waals surface area contributed by atoms with E-state index in [0.717, 1.165) is 10.9 Å². The third-order valence-electron chi connectivity index (χ3n) is 4.49. The maximum atomic E-state index is 13.3. The standard InChI is InChI=1S/C22H18FNO3/c1-2-13-7-8-14-5-3-4-6-17(14)18(13)21(25)19(22(26)27)20(24)15-9-11-16(23)12-10-15/h3-12H,2,24H2,1H3,(H,26,27)/b20-19-. The second-order valence-electron chi connectivity index (χ2n) is 6.10. The first-order valence-corrected chi connectivity index (χ1v) is 8.48. The summed E-state index contributed by atoms with van der Waals surface area (Å²) in [5.74, 6) is -2.55. The van der Waals surface area contributed by atoms with E-state index in [0.29, 0.717) is 17.4 Å². The van der Waals surface area contributed by atoms with Crippen molar-refractivity contribution in [3.8, 4) is 0 Å². The van der Waals surface area contributed by atoms with Crippen LogP contribution in [-0.4, -0.2) is 16.9 Å². The van der Waals surface area contributed by atoms with Crippen LogP contribution >= 0.6 is 0 Å². The number of carbonyl (C=O) groups excluding carboxylic acids is 1. The number of carboxylic acids is 1. The monoisotopic (exact) mass is 363 g/mol. The topological polar surface area (TPSA) is 80.4 Å². The van der Waals surface area contributed by atoms with Gasteiger partial charge in [0.1, 0.15) is 11.4 Å². The number of fused-ring (bicyclic) bond motifs is 1. The number of aliphatic carboxylic acids is 1. The number of rotatable bonds is 5. The molecule has 136 valence electrons. The average molecular weight is 363 g/mol. The molecule has 3 N–H and O–H groups in total. The predicted octanol–water partition coefficient (Wildman–Crippen LogP) is 4.18. The highest BCUT2D eigenvalue weighted by Gasteiger charge is 2.26. The highest BCUT2D eigenvalue weighted by atomic mass is 19.1. The molecule has 0 saturated carbocycles. The van der Waals surface area contributed by atoms with E-state index in [4.69, 9.17) is 5.73 Å². The molecule has 0 aliphatic heterocycles. The largest absolute Gasteiger partial charge is 0.477 e. The highest BCUT2D eigenvalue weighted by Crippen LogP contribution is 2.27. The SMILES string of the molecule is CCc1ccc2ccccc2c1C(=O)/C(C(=O)O)=C(/N)c1ccc(F)cc1. The maximum Gasteiger partial charge on any atom is 0.341 e. The molecule has 0 amide bonds. The van der Waals surface area contributed by atoms with E-state index in [1.165, 1.54) is 24.3 Å². The lowest BCUT2D eigenvalue weighted by atomic mass is 9.90. The number of ketones is 1. The minimum absolute atomic E-state index is 0.192. The Morgan fingerprint density at radius 3 is 2.30 bits per heavy atom. The van der Waals surface area contributed by atoms with Crippen molar-refractivity contribution in [1.29, 1.82) is 0 Å². The fraction of sp³-hybridized carbons (Fsp3) is 0.0909. The molecule has 0 atom stereocenters. The van der Waals surface area contributed by atoms with Crippen molar-refractivity contribution >= 4 is 28.2 Å². The van der Waals surface area contributed by atoms with E-state index in [-0.39, 0.29) is 11.3 Å². The Balaban J connectivity index is 2.26. The van der Waals surface area contributed by atoms with E-state index in [9.17, 15) is 19.1 Å². The number of halogens is 1. The minimum Gasteiger partial charge on any atom is -0.477 e. The number of nitrogens with two attached hydrogens (primary N) is 1. The number of hydrogen-bond acceptors (Lipinski definition) is 3. The Morgan fingerprint density at radius 2 is 1.67 bits per heavy atom. The number of hydrogen-bond donors (Lipinski definition) is 2. The van der Waals surface area contributed by atoms with Crippen molar-refractivity contribution in [3.63, 3.8) is 0 Å². The first-order valence-electron chi connectivity index (χ1n) is 8.48. The third kappa shape index (κ3) is 3.44. The Morgan fingerprint density at radius 1 is 1.00 bits per heavy atom. The average Bonchev–Trinajstić information content (AvgIpc) is 2.67. The van der Waals surface area contributed by atoms with E-state index in [1.54, 1.807) is 12.1 Å². The molecule has 0 saturated heterocycles. The molecule has 0 aliphatic carbocycles. The third-order valence-corrected chi connectivity index (χ3v) is 4.49. The molecule has 4 nitrogen and oxygen atoms in total. The second kappa shape index (κ2) is 7.41. The molecule has 0 unspecified atom stereocenters. The number of carbonyl (C=O) groups is 2. The second-order valence-corrected chi connectivity index (χ2v) is 6.10. The predicted molar refractivity (Wildman–Crippen MR) is 103 cm³/mol. The molecule has 3 aromatic rings. The molecular formula is C22H18FNO3. The highest BCUT2D eigenvalue weighted by molar-refractivity contribution is 6.31. The summed E-state index contributed by atoms with van der Waals surface area (Å²) in [5.41, 5.74) is 6.66. The molecule has 0 fully saturated rings. The molecule has 0 aliphatic rings. The van der Waals surface area contributed by atoms with Crippen LogP contribution in [0, 0.1) is 5.82 Å². The molecule has 0 aromatic heterocycles. The van der Waals surface area contributed by atoms with Crippen molar-refractivity contribution in [1.82, 2.24) is 0 Å². The van der Waals surface area contributed by atoms with E-state index >= 15 is 0 Å². The van der Waals surface area contributed by atoms with Crippen molar-refractivity contribution in [2.75, 3.05) is 0 Å². The smallest absolute Gasteiger partial charge is 0.341 e. The number of aryl methyl sites for hydroxylation is 1. The summed E-state index contributed by atoms with van der Waals surface area (Å²) < 4.78 is 13.2. The van der Waals surface area contributed by atoms with Crippen molar-refractivity contribution in [3.05, 3.63) is 88.7 Å². The lowest BCUT2D eigenvalue weighted by molar-refractivity contribution is -0.132. The van der Waals surface area contributed by atoms with Gasteiger partial charge in [0.25, 0.3) is 0 Å². The van der Waals surface area contributed by atoms with Gasteiger partial charge in [-0.1, -0.05) is 43.3 Å². The summed E-state index contributed by atoms with van der Waals surface area (Å²) in [7, 11) is 0. The quantitative estimate of drug-likeness (QED) is 0.308. The molecule has 3 aromatic carbocycles. The molecule has 0 spiro atoms. The van der Waals surface area contributed by atoms with Gasteiger partial charge in [0.05, 0.1) is 5.70 Å². The maximum absolute atomic E-state index is 13.3. The normalized spacial score (nSPS) is 11.9. The van der Waals surface area contributed by atoms with Crippen LogP contribution in [0.15, 0.2) is 66.2 Å². The molecule has 27 heavy (non-hydrogen) atoms. The Kier molecular flexibility index (Phi) is 5.03. The summed E-state index contributed by atoms with van der Waals surface area (Å²) in [5, 5.41) is 11.2. The number of Topliss-reactive ketones (excluding diaryl/α,β-unsaturated/α-hetero) is 1. The van der Waals surface area contributed by atoms with Gasteiger partial charge >= 0.3 is 5.97 Å². The van der Waals surface area contributed by atoms with Crippen LogP contribution in [0.25, 0.3) is 16.5 Å². The van der Waals surface area contributed by atoms with Crippen LogP contribution in [0.4, 0.5) is 4.39 Å². The van der Waals surface area contributed by atoms with Gasteiger partial charge in [0, 0.05) is 5.56 Å². The van der Waals surface area contributed by atoms with Crippen LogP contribution in [-0.2, 0) is 11.2 Å². The first-order chi connectivity index (χ1) is 12.9. The van der Waals surface area contributed by atoms with E-state index in [2.05, 4.69) is 0 Å². The van der Waals surface area contributed by atoms with Gasteiger partial charge in [0.15, 0.2) is 0 Å². The molecule has 0 heterocycles. The summed E-state index contributed by atoms with van der Waals surface area (Å²) in [6.45, 7) is 1.90. The molecule has 0 bridgehead atoms. The summed E-state index contributed by atoms with van der Waals surface area (Å²) in [6, 6.07) is 16.1. The van der Waals surface area contributed by atoms with Crippen LogP contribution in [0.1, 0.15) is 28.4 Å². The van der Waals surface area contributed by atoms with Crippen molar-refractivity contribution < 1.29 is 19.1 Å². The molecule has 3 rings (SSSR count). The van der Waals surface area contributed by atoms with E-state index in [1.807, 2.05) is 31.2 Å². The van der Waals surface area contributed by atoms with Crippen LogP contribution < -0.4 is 5.73 Å². The fourth-order valence-electron chi connectivity index (χ4n) is 3.11. The van der Waals surface area contributed by atoms with Gasteiger partial charge in [-0.15, -0.1) is 0 Å². The lowest BCUT2D eigenvalue weighted by Crippen LogP contribution is -2.19. The van der Waals surface area contributed by atoms with Crippen molar-refractivity contribution in [2.24, 2.45) is 5.73 Å². The van der Waals surface area contributed by atoms with E-state index < -0.39 is 23.1 Å². The van der Waals surface area contributed by atoms with Crippen molar-refractivity contribution in [2.45, 2.75) is 13.3 Å². The number of benzene rings is 3. The summed E-state index contributed by atoms with van der Waals surface area (Å²) in [4.78, 5) is 25.2. The lowest BCUT2D eigenvalue weighted by Gasteiger charge is -2.13. The van der Waals surface area contributed by atoms with Gasteiger partial charge in [-0.2, -0.15) is 0 Å². The zero-order valence-electron chi connectivity index (χ0n) is 14.7. The van der Waals surface area contributed by atoms with Crippen LogP contribution in [0.2, 0.25) is 0 Å². The fourth-order valence-corrected chi connectivity index (χ4v) is 3.11. The summed E-state index contributed by atoms with van der Waals surface area (Å²) >= 11 is 0. The molecule has 0 radical (unpaired) electrons. The van der Waals surface area contributed by atoms with Gasteiger partial charge in [-0.05, 0) is 52.6 Å². The Bertz CT molecular complexity index is 1070. The van der Waals surface area contributed by atoms with Crippen LogP contribution in [0.3, 0.4) is 0 Å². The Labute approximate surface area is 155 Å². The zero-order chi connectivity index (χ0) is 19.6. The summed E-state index contributed by atoms with van der Waals surface area (Å²) in [6.07, 6.45) is 0.565.